The molecule has 1 rings (SSSR count). The summed E-state index contributed by atoms with van der Waals surface area (Å²) in [7, 11) is 0. The van der Waals surface area contributed by atoms with E-state index in [1.165, 1.54) is 11.3 Å². The zero-order valence-electron chi connectivity index (χ0n) is 11.5. The Bertz CT molecular complexity index is 465. The predicted molar refractivity (Wildman–Crippen MR) is 78.4 cm³/mol. The number of amides is 2. The summed E-state index contributed by atoms with van der Waals surface area (Å²) < 4.78 is 0.692. The van der Waals surface area contributed by atoms with Crippen LogP contribution in [-0.4, -0.2) is 18.4 Å². The van der Waals surface area contributed by atoms with Gasteiger partial charge in [0.25, 0.3) is 0 Å². The molecule has 0 spiro atoms. The number of carbonyl (C=O) groups is 2. The number of rotatable bonds is 4. The lowest BCUT2D eigenvalue weighted by molar-refractivity contribution is -0.131. The van der Waals surface area contributed by atoms with Crippen LogP contribution in [0.25, 0.3) is 0 Å². The van der Waals surface area contributed by atoms with Crippen LogP contribution in [-0.2, 0) is 9.59 Å². The first kappa shape index (κ1) is 16.0. The van der Waals surface area contributed by atoms with E-state index in [1.807, 2.05) is 13.0 Å². The summed E-state index contributed by atoms with van der Waals surface area (Å²) >= 11 is 7.27. The van der Waals surface area contributed by atoms with Gasteiger partial charge < -0.3 is 10.6 Å². The van der Waals surface area contributed by atoms with E-state index in [4.69, 9.17) is 11.6 Å². The van der Waals surface area contributed by atoms with E-state index in [0.717, 1.165) is 4.88 Å². The molecule has 0 saturated carbocycles. The van der Waals surface area contributed by atoms with Crippen molar-refractivity contribution in [2.45, 2.75) is 33.7 Å². The Labute approximate surface area is 122 Å². The van der Waals surface area contributed by atoms with Crippen molar-refractivity contribution >= 4 is 34.8 Å². The Hall–Kier alpha value is -1.07. The molecule has 1 aromatic heterocycles. The van der Waals surface area contributed by atoms with Gasteiger partial charge in [-0.15, -0.1) is 11.3 Å². The number of hydrogen-bond donors (Lipinski definition) is 2. The highest BCUT2D eigenvalue weighted by Gasteiger charge is 2.21. The minimum atomic E-state index is -0.493. The molecule has 4 nitrogen and oxygen atoms in total. The molecule has 1 unspecified atom stereocenters. The molecule has 0 aliphatic heterocycles. The number of carbonyl (C=O) groups excluding carboxylic acids is 2. The van der Waals surface area contributed by atoms with Crippen LogP contribution in [0.15, 0.2) is 12.1 Å². The molecule has 1 heterocycles. The highest BCUT2D eigenvalue weighted by atomic mass is 35.5. The van der Waals surface area contributed by atoms with Gasteiger partial charge in [0.15, 0.2) is 0 Å². The average Bonchev–Trinajstić information content (AvgIpc) is 2.71. The maximum absolute atomic E-state index is 11.7. The Morgan fingerprint density at radius 1 is 1.37 bits per heavy atom. The molecule has 0 saturated heterocycles. The van der Waals surface area contributed by atoms with Crippen LogP contribution in [0.5, 0.6) is 0 Å². The number of thiophene rings is 1. The fraction of sp³-hybridized carbons (Fsp3) is 0.538. The summed E-state index contributed by atoms with van der Waals surface area (Å²) in [6, 6.07) is 3.56. The minimum Gasteiger partial charge on any atom is -0.347 e. The molecule has 0 bridgehead atoms. The fourth-order valence-corrected chi connectivity index (χ4v) is 2.41. The maximum Gasteiger partial charge on any atom is 0.239 e. The second-order valence-corrected chi connectivity index (χ2v) is 7.11. The quantitative estimate of drug-likeness (QED) is 0.898. The van der Waals surface area contributed by atoms with E-state index >= 15 is 0 Å². The molecule has 0 aliphatic carbocycles. The summed E-state index contributed by atoms with van der Waals surface area (Å²) in [5.74, 6) is -0.357. The first-order chi connectivity index (χ1) is 8.70. The number of nitrogens with one attached hydrogen (secondary N) is 2. The van der Waals surface area contributed by atoms with Crippen molar-refractivity contribution in [3.05, 3.63) is 21.3 Å². The van der Waals surface area contributed by atoms with Crippen LogP contribution in [0.4, 0.5) is 0 Å². The van der Waals surface area contributed by atoms with Crippen LogP contribution >= 0.6 is 22.9 Å². The first-order valence-electron chi connectivity index (χ1n) is 6.03. The molecule has 6 heteroatoms. The van der Waals surface area contributed by atoms with Crippen molar-refractivity contribution in [1.82, 2.24) is 10.6 Å². The Morgan fingerprint density at radius 3 is 2.47 bits per heavy atom. The van der Waals surface area contributed by atoms with Gasteiger partial charge in [-0.05, 0) is 19.1 Å². The molecule has 0 aliphatic rings. The number of hydrogen-bond acceptors (Lipinski definition) is 3. The van der Waals surface area contributed by atoms with Gasteiger partial charge >= 0.3 is 0 Å². The molecule has 106 valence electrons. The SMILES string of the molecule is CC(NC(=O)CNC(=O)C(C)(C)C)c1ccc(Cl)s1. The van der Waals surface area contributed by atoms with Crippen LogP contribution in [0.3, 0.4) is 0 Å². The molecule has 0 aromatic carbocycles. The summed E-state index contributed by atoms with van der Waals surface area (Å²) in [6.07, 6.45) is 0. The van der Waals surface area contributed by atoms with Gasteiger partial charge in [0.05, 0.1) is 16.9 Å². The molecule has 1 atom stereocenters. The molecule has 0 fully saturated rings. The van der Waals surface area contributed by atoms with Gasteiger partial charge in [0.1, 0.15) is 0 Å². The molecule has 0 radical (unpaired) electrons. The van der Waals surface area contributed by atoms with Crippen molar-refractivity contribution in [3.8, 4) is 0 Å². The second-order valence-electron chi connectivity index (χ2n) is 5.36. The van der Waals surface area contributed by atoms with E-state index in [0.29, 0.717) is 4.34 Å². The van der Waals surface area contributed by atoms with Crippen LogP contribution in [0, 0.1) is 5.41 Å². The largest absolute Gasteiger partial charge is 0.347 e. The highest BCUT2D eigenvalue weighted by molar-refractivity contribution is 7.16. The molecule has 19 heavy (non-hydrogen) atoms. The molecule has 1 aromatic rings. The van der Waals surface area contributed by atoms with Crippen molar-refractivity contribution in [2.24, 2.45) is 5.41 Å². The van der Waals surface area contributed by atoms with Crippen molar-refractivity contribution < 1.29 is 9.59 Å². The van der Waals surface area contributed by atoms with Crippen molar-refractivity contribution in [1.29, 1.82) is 0 Å². The molecular weight excluding hydrogens is 284 g/mol. The van der Waals surface area contributed by atoms with E-state index in [1.54, 1.807) is 26.8 Å². The van der Waals surface area contributed by atoms with E-state index in [-0.39, 0.29) is 24.4 Å². The van der Waals surface area contributed by atoms with Gasteiger partial charge in [0, 0.05) is 10.3 Å². The third-order valence-corrected chi connectivity index (χ3v) is 3.90. The summed E-state index contributed by atoms with van der Waals surface area (Å²) in [5, 5.41) is 5.43. The molecular formula is C13H19ClN2O2S. The van der Waals surface area contributed by atoms with E-state index < -0.39 is 5.41 Å². The third kappa shape index (κ3) is 5.20. The monoisotopic (exact) mass is 302 g/mol. The highest BCUT2D eigenvalue weighted by Crippen LogP contribution is 2.26. The standard InChI is InChI=1S/C13H19ClN2O2S/c1-8(9-5-6-10(14)19-9)16-11(17)7-15-12(18)13(2,3)4/h5-6,8H,7H2,1-4H3,(H,15,18)(H,16,17). The zero-order chi connectivity index (χ0) is 14.6. The van der Waals surface area contributed by atoms with Gasteiger partial charge in [-0.3, -0.25) is 9.59 Å². The lowest BCUT2D eigenvalue weighted by Gasteiger charge is -2.18. The number of halogens is 1. The van der Waals surface area contributed by atoms with Gasteiger partial charge in [-0.1, -0.05) is 32.4 Å². The van der Waals surface area contributed by atoms with Crippen LogP contribution in [0.2, 0.25) is 4.34 Å². The molecule has 2 N–H and O–H groups in total. The topological polar surface area (TPSA) is 58.2 Å². The van der Waals surface area contributed by atoms with Crippen molar-refractivity contribution in [2.75, 3.05) is 6.54 Å². The van der Waals surface area contributed by atoms with Gasteiger partial charge in [-0.2, -0.15) is 0 Å². The fourth-order valence-electron chi connectivity index (χ4n) is 1.35. The maximum atomic E-state index is 11.7. The van der Waals surface area contributed by atoms with Crippen LogP contribution in [0.1, 0.15) is 38.6 Å². The normalized spacial score (nSPS) is 12.9. The van der Waals surface area contributed by atoms with Gasteiger partial charge in [0.2, 0.25) is 11.8 Å². The van der Waals surface area contributed by atoms with E-state index in [9.17, 15) is 9.59 Å². The van der Waals surface area contributed by atoms with Crippen molar-refractivity contribution in [3.63, 3.8) is 0 Å². The summed E-state index contributed by atoms with van der Waals surface area (Å²) in [6.45, 7) is 7.27. The summed E-state index contributed by atoms with van der Waals surface area (Å²) in [4.78, 5) is 24.3. The molecule has 2 amide bonds. The Morgan fingerprint density at radius 2 is 2.00 bits per heavy atom. The Kier molecular flexibility index (Phi) is 5.38. The smallest absolute Gasteiger partial charge is 0.239 e. The van der Waals surface area contributed by atoms with E-state index in [2.05, 4.69) is 10.6 Å². The summed E-state index contributed by atoms with van der Waals surface area (Å²) in [5.41, 5.74) is -0.493. The lowest BCUT2D eigenvalue weighted by atomic mass is 9.96. The second kappa shape index (κ2) is 6.39. The zero-order valence-corrected chi connectivity index (χ0v) is 13.1. The predicted octanol–water partition coefficient (Wildman–Crippen LogP) is 2.74. The van der Waals surface area contributed by atoms with Gasteiger partial charge in [-0.25, -0.2) is 0 Å². The van der Waals surface area contributed by atoms with Crippen LogP contribution < -0.4 is 10.6 Å². The average molecular weight is 303 g/mol. The minimum absolute atomic E-state index is 0.0143. The first-order valence-corrected chi connectivity index (χ1v) is 7.22. The lowest BCUT2D eigenvalue weighted by Crippen LogP contribution is -2.42. The Balaban J connectivity index is 2.42. The third-order valence-electron chi connectivity index (χ3n) is 2.49.